The van der Waals surface area contributed by atoms with Crippen LogP contribution in [0.15, 0.2) is 67.0 Å². The van der Waals surface area contributed by atoms with Gasteiger partial charge in [0.1, 0.15) is 0 Å². The maximum atomic E-state index is 4.77. The van der Waals surface area contributed by atoms with E-state index in [1.807, 2.05) is 18.5 Å². The van der Waals surface area contributed by atoms with E-state index in [-0.39, 0.29) is 20.1 Å². The second-order valence-corrected chi connectivity index (χ2v) is 14.0. The van der Waals surface area contributed by atoms with Crippen molar-refractivity contribution in [3.8, 4) is 22.5 Å². The summed E-state index contributed by atoms with van der Waals surface area (Å²) in [4.78, 5) is 9.51. The van der Waals surface area contributed by atoms with Gasteiger partial charge in [-0.25, -0.2) is 0 Å². The molecule has 215 valence electrons. The minimum absolute atomic E-state index is 0. The molecule has 0 aliphatic heterocycles. The maximum Gasteiger partial charge on any atom is 0.0161 e. The van der Waals surface area contributed by atoms with E-state index in [0.29, 0.717) is 21.7 Å². The van der Waals surface area contributed by atoms with Gasteiger partial charge in [-0.15, -0.1) is 70.3 Å². The Balaban J connectivity index is 0.000000124. The summed E-state index contributed by atoms with van der Waals surface area (Å²) in [5, 5.41) is 0. The number of hydrogen-bond donors (Lipinski definition) is 0. The molecule has 1 radical (unpaired) electrons. The monoisotopic (exact) mass is 727 g/mol. The van der Waals surface area contributed by atoms with Crippen LogP contribution in [0.4, 0.5) is 0 Å². The Bertz CT molecular complexity index is 1620. The number of fused-ring (bicyclic) bond motifs is 6. The smallest absolute Gasteiger partial charge is 0.0161 e. The predicted molar refractivity (Wildman–Crippen MR) is 164 cm³/mol. The van der Waals surface area contributed by atoms with E-state index in [9.17, 15) is 0 Å². The van der Waals surface area contributed by atoms with Crippen molar-refractivity contribution in [2.45, 2.75) is 106 Å². The molecule has 0 unspecified atom stereocenters. The Morgan fingerprint density at radius 1 is 0.571 bits per heavy atom. The third kappa shape index (κ3) is 3.15. The Kier molecular flexibility index (Phi) is 6.06. The minimum atomic E-state index is 0. The zero-order chi connectivity index (χ0) is 27.3. The number of hydrogen-bond acceptors (Lipinski definition) is 2. The first-order valence-electron chi connectivity index (χ1n) is 16.1. The Morgan fingerprint density at radius 3 is 1.57 bits per heavy atom. The van der Waals surface area contributed by atoms with Gasteiger partial charge in [0.25, 0.3) is 0 Å². The molecular weight excluding hydrogens is 689 g/mol. The standard InChI is InChI=1S/C20H20N.C19H18N.Ir/c1-14-6-7-15-17(13-14)20-10-3-8-19(20,9-4-11-20)16-5-2-12-21-18(15)16;1-2-7-15-14(6-1)17-16(8-3-13-20-17)19-11-4-9-18(15,19)10-5-12-19;/h2,5-6,12-13H,3-4,8-11H2,1H3;1-3,7-8,13H,4-5,9-12H2;/q2*-1;. The molecule has 2 nitrogen and oxygen atoms in total. The van der Waals surface area contributed by atoms with Crippen LogP contribution in [0.5, 0.6) is 0 Å². The van der Waals surface area contributed by atoms with Gasteiger partial charge >= 0.3 is 0 Å². The van der Waals surface area contributed by atoms with Crippen LogP contribution in [-0.4, -0.2) is 9.97 Å². The molecule has 0 bridgehead atoms. The summed E-state index contributed by atoms with van der Waals surface area (Å²) < 4.78 is 0. The van der Waals surface area contributed by atoms with Crippen molar-refractivity contribution in [2.24, 2.45) is 0 Å². The number of aryl methyl sites for hydroxylation is 1. The molecule has 4 fully saturated rings. The Hall–Kier alpha value is -2.61. The average Bonchev–Trinajstić information content (AvgIpc) is 3.76. The average molecular weight is 727 g/mol. The molecule has 0 amide bonds. The van der Waals surface area contributed by atoms with E-state index in [1.54, 1.807) is 11.1 Å². The van der Waals surface area contributed by atoms with Gasteiger partial charge in [-0.05, 0) is 70.9 Å². The molecule has 42 heavy (non-hydrogen) atoms. The van der Waals surface area contributed by atoms with Gasteiger partial charge in [0.15, 0.2) is 0 Å². The SMILES string of the molecule is Cc1c[c-]c2c(c1)C13CCCC1(CCC3)c1cccnc1-2.[Ir].[c-]1cccc2c1-c1ncccc1C13CCCC21CCC3. The largest absolute Gasteiger partial charge is 0.304 e. The molecule has 2 aromatic heterocycles. The second kappa shape index (κ2) is 9.44. The first-order valence-corrected chi connectivity index (χ1v) is 16.1. The second-order valence-electron chi connectivity index (χ2n) is 14.0. The summed E-state index contributed by atoms with van der Waals surface area (Å²) in [6.45, 7) is 2.20. The van der Waals surface area contributed by atoms with Gasteiger partial charge in [0.2, 0.25) is 0 Å². The number of aromatic nitrogens is 2. The fourth-order valence-corrected chi connectivity index (χ4v) is 11.5. The zero-order valence-corrected chi connectivity index (χ0v) is 27.0. The van der Waals surface area contributed by atoms with Gasteiger partial charge in [-0.2, -0.15) is 0 Å². The van der Waals surface area contributed by atoms with Crippen molar-refractivity contribution in [3.05, 3.63) is 107 Å². The number of rotatable bonds is 0. The molecule has 0 spiro atoms. The van der Waals surface area contributed by atoms with Crippen LogP contribution in [0, 0.1) is 19.1 Å². The summed E-state index contributed by atoms with van der Waals surface area (Å²) in [6.07, 6.45) is 20.1. The first-order chi connectivity index (χ1) is 20.1. The fraction of sp³-hybridized carbons (Fsp3) is 0.436. The van der Waals surface area contributed by atoms with Crippen molar-refractivity contribution >= 4 is 0 Å². The summed E-state index contributed by atoms with van der Waals surface area (Å²) in [5.74, 6) is 0. The van der Waals surface area contributed by atoms with Gasteiger partial charge in [0.05, 0.1) is 0 Å². The Morgan fingerprint density at radius 2 is 1.02 bits per heavy atom. The minimum Gasteiger partial charge on any atom is -0.304 e. The third-order valence-corrected chi connectivity index (χ3v) is 12.8. The molecule has 6 aliphatic carbocycles. The summed E-state index contributed by atoms with van der Waals surface area (Å²) in [7, 11) is 0. The molecule has 4 saturated carbocycles. The van der Waals surface area contributed by atoms with Crippen LogP contribution in [0.25, 0.3) is 22.5 Å². The summed E-state index contributed by atoms with van der Waals surface area (Å²) in [6, 6.07) is 27.2. The Labute approximate surface area is 264 Å². The molecular formula is C39H38IrN2-2. The van der Waals surface area contributed by atoms with Crippen molar-refractivity contribution < 1.29 is 20.1 Å². The molecule has 6 aliphatic rings. The van der Waals surface area contributed by atoms with Crippen molar-refractivity contribution in [2.75, 3.05) is 0 Å². The summed E-state index contributed by atoms with van der Waals surface area (Å²) in [5.41, 5.74) is 14.0. The van der Waals surface area contributed by atoms with Crippen LogP contribution in [0.2, 0.25) is 0 Å². The van der Waals surface area contributed by atoms with Crippen molar-refractivity contribution in [3.63, 3.8) is 0 Å². The van der Waals surface area contributed by atoms with E-state index in [4.69, 9.17) is 9.97 Å². The summed E-state index contributed by atoms with van der Waals surface area (Å²) >= 11 is 0. The molecule has 0 N–H and O–H groups in total. The molecule has 0 atom stereocenters. The molecule has 2 heterocycles. The van der Waals surface area contributed by atoms with Crippen LogP contribution in [0.3, 0.4) is 0 Å². The normalized spacial score (nSPS) is 31.9. The van der Waals surface area contributed by atoms with E-state index in [2.05, 4.69) is 67.6 Å². The van der Waals surface area contributed by atoms with Crippen LogP contribution in [-0.2, 0) is 41.8 Å². The topological polar surface area (TPSA) is 25.8 Å². The van der Waals surface area contributed by atoms with Crippen molar-refractivity contribution in [1.29, 1.82) is 0 Å². The fourth-order valence-electron chi connectivity index (χ4n) is 11.5. The molecule has 4 aromatic rings. The van der Waals surface area contributed by atoms with Crippen molar-refractivity contribution in [1.82, 2.24) is 9.97 Å². The molecule has 2 aromatic carbocycles. The van der Waals surface area contributed by atoms with Gasteiger partial charge < -0.3 is 9.97 Å². The molecule has 3 heteroatoms. The van der Waals surface area contributed by atoms with Crippen LogP contribution >= 0.6 is 0 Å². The number of nitrogens with zero attached hydrogens (tertiary/aromatic N) is 2. The third-order valence-electron chi connectivity index (χ3n) is 12.8. The van der Waals surface area contributed by atoms with E-state index in [0.717, 1.165) is 0 Å². The van der Waals surface area contributed by atoms with Gasteiger partial charge in [0, 0.05) is 32.5 Å². The van der Waals surface area contributed by atoms with E-state index in [1.165, 1.54) is 116 Å². The molecule has 0 saturated heterocycles. The number of pyridine rings is 2. The van der Waals surface area contributed by atoms with Gasteiger partial charge in [-0.1, -0.05) is 81.5 Å². The first kappa shape index (κ1) is 27.0. The van der Waals surface area contributed by atoms with E-state index < -0.39 is 0 Å². The van der Waals surface area contributed by atoms with Gasteiger partial charge in [-0.3, -0.25) is 0 Å². The van der Waals surface area contributed by atoms with Crippen LogP contribution < -0.4 is 0 Å². The maximum absolute atomic E-state index is 4.77. The van der Waals surface area contributed by atoms with E-state index >= 15 is 0 Å². The zero-order valence-electron chi connectivity index (χ0n) is 24.6. The molecule has 10 rings (SSSR count). The van der Waals surface area contributed by atoms with Crippen LogP contribution in [0.1, 0.15) is 105 Å². The predicted octanol–water partition coefficient (Wildman–Crippen LogP) is 9.12. The quantitative estimate of drug-likeness (QED) is 0.169. The number of benzene rings is 2.